The zero-order chi connectivity index (χ0) is 31.2. The van der Waals surface area contributed by atoms with Gasteiger partial charge in [-0.3, -0.25) is 24.7 Å². The van der Waals surface area contributed by atoms with Gasteiger partial charge in [-0.2, -0.15) is 5.26 Å². The number of nitrogens with one attached hydrogen (secondary N) is 5. The number of nitrogens with zero attached hydrogens (tertiary/aromatic N) is 2. The van der Waals surface area contributed by atoms with E-state index in [1.165, 1.54) is 5.56 Å². The topological polar surface area (TPSA) is 161 Å². The first kappa shape index (κ1) is 31.0. The summed E-state index contributed by atoms with van der Waals surface area (Å²) in [5, 5.41) is 23.4. The Balaban J connectivity index is 1.36. The number of H-pyrrole nitrogens is 1. The molecule has 1 aliphatic heterocycles. The normalized spacial score (nSPS) is 19.8. The molecule has 2 aliphatic rings. The monoisotopic (exact) mass is 599 g/mol. The summed E-state index contributed by atoms with van der Waals surface area (Å²) >= 11 is 0. The van der Waals surface area contributed by atoms with Gasteiger partial charge in [0.2, 0.25) is 11.8 Å². The van der Waals surface area contributed by atoms with E-state index in [-0.39, 0.29) is 23.8 Å². The van der Waals surface area contributed by atoms with Crippen molar-refractivity contribution in [2.45, 2.75) is 76.5 Å². The number of aryl methyl sites for hydroxylation is 1. The number of hydrogen-bond donors (Lipinski definition) is 5. The number of nitriles is 1. The average molecular weight is 600 g/mol. The summed E-state index contributed by atoms with van der Waals surface area (Å²) in [6, 6.07) is 9.22. The van der Waals surface area contributed by atoms with Gasteiger partial charge in [0.1, 0.15) is 23.5 Å². The van der Waals surface area contributed by atoms with Crippen molar-refractivity contribution in [2.24, 2.45) is 11.8 Å². The molecule has 1 saturated heterocycles. The van der Waals surface area contributed by atoms with Crippen LogP contribution in [0, 0.1) is 23.2 Å². The molecule has 3 heterocycles. The van der Waals surface area contributed by atoms with Gasteiger partial charge in [0, 0.05) is 41.8 Å². The molecule has 11 heteroatoms. The molecule has 0 saturated carbocycles. The third-order valence-electron chi connectivity index (χ3n) is 8.63. The third kappa shape index (κ3) is 7.03. The second-order valence-corrected chi connectivity index (χ2v) is 12.2. The minimum absolute atomic E-state index is 0.0746. The van der Waals surface area contributed by atoms with E-state index >= 15 is 0 Å². The lowest BCUT2D eigenvalue weighted by atomic mass is 9.87. The molecule has 1 aromatic carbocycles. The van der Waals surface area contributed by atoms with Crippen LogP contribution in [0.2, 0.25) is 0 Å². The largest absolute Gasteiger partial charge is 0.496 e. The van der Waals surface area contributed by atoms with Gasteiger partial charge in [-0.15, -0.1) is 0 Å². The van der Waals surface area contributed by atoms with Gasteiger partial charge in [-0.05, 0) is 79.8 Å². The predicted molar refractivity (Wildman–Crippen MR) is 166 cm³/mol. The van der Waals surface area contributed by atoms with Crippen LogP contribution < -0.4 is 26.0 Å². The SMILES string of the molecule is COc1cccc2[nH]c(C(=O)NC(CC(C)C)C(=O)NC(CC3CCNC3=O)C(C#N)NC3CCCc4ccncc43)cc12. The van der Waals surface area contributed by atoms with Crippen molar-refractivity contribution in [1.29, 1.82) is 5.26 Å². The van der Waals surface area contributed by atoms with Crippen LogP contribution >= 0.6 is 0 Å². The Morgan fingerprint density at radius 2 is 2.05 bits per heavy atom. The van der Waals surface area contributed by atoms with E-state index < -0.39 is 29.9 Å². The van der Waals surface area contributed by atoms with Crippen molar-refractivity contribution in [3.8, 4) is 11.8 Å². The molecule has 5 N–H and O–H groups in total. The summed E-state index contributed by atoms with van der Waals surface area (Å²) in [7, 11) is 1.57. The summed E-state index contributed by atoms with van der Waals surface area (Å²) in [4.78, 5) is 47.3. The maximum Gasteiger partial charge on any atom is 0.268 e. The first-order chi connectivity index (χ1) is 21.3. The van der Waals surface area contributed by atoms with Crippen molar-refractivity contribution in [1.82, 2.24) is 31.2 Å². The smallest absolute Gasteiger partial charge is 0.268 e. The fourth-order valence-electron chi connectivity index (χ4n) is 6.37. The molecule has 0 bridgehead atoms. The van der Waals surface area contributed by atoms with Gasteiger partial charge in [-0.1, -0.05) is 19.9 Å². The number of pyridine rings is 1. The number of amides is 3. The van der Waals surface area contributed by atoms with Crippen molar-refractivity contribution >= 4 is 28.6 Å². The molecule has 3 amide bonds. The Bertz CT molecular complexity index is 1540. The molecule has 232 valence electrons. The Hall–Kier alpha value is -4.43. The van der Waals surface area contributed by atoms with Gasteiger partial charge in [-0.25, -0.2) is 0 Å². The number of aromatic amines is 1. The molecule has 44 heavy (non-hydrogen) atoms. The van der Waals surface area contributed by atoms with Crippen LogP contribution in [0.1, 0.15) is 73.6 Å². The number of benzene rings is 1. The standard InChI is InChI=1S/C33H41N7O4/c1-19(2)14-27(40-33(43)28-16-22-24(37-28)8-5-9-30(22)44-3)32(42)39-26(15-21-11-13-36-31(21)41)29(17-34)38-25-7-4-6-20-10-12-35-18-23(20)25/h5,8-10,12,16,18-19,21,25-27,29,37-38H,4,6-7,11,13-15H2,1-3H3,(H,36,41)(H,39,42)(H,40,43). The zero-order valence-electron chi connectivity index (χ0n) is 25.5. The highest BCUT2D eigenvalue weighted by atomic mass is 16.5. The fourth-order valence-corrected chi connectivity index (χ4v) is 6.37. The lowest BCUT2D eigenvalue weighted by Crippen LogP contribution is -2.56. The van der Waals surface area contributed by atoms with Gasteiger partial charge in [0.25, 0.3) is 5.91 Å². The van der Waals surface area contributed by atoms with Crippen LogP contribution in [-0.2, 0) is 16.0 Å². The number of hydrogen-bond acceptors (Lipinski definition) is 7. The van der Waals surface area contributed by atoms with E-state index in [2.05, 4.69) is 37.3 Å². The second kappa shape index (κ2) is 13.9. The molecule has 5 unspecified atom stereocenters. The number of methoxy groups -OCH3 is 1. The summed E-state index contributed by atoms with van der Waals surface area (Å²) in [6.45, 7) is 4.53. The maximum absolute atomic E-state index is 13.9. The van der Waals surface area contributed by atoms with Crippen molar-refractivity contribution in [2.75, 3.05) is 13.7 Å². The van der Waals surface area contributed by atoms with Gasteiger partial charge in [0.15, 0.2) is 0 Å². The molecular formula is C33H41N7O4. The second-order valence-electron chi connectivity index (χ2n) is 12.2. The molecule has 0 radical (unpaired) electrons. The molecular weight excluding hydrogens is 558 g/mol. The summed E-state index contributed by atoms with van der Waals surface area (Å²) < 4.78 is 5.43. The summed E-state index contributed by atoms with van der Waals surface area (Å²) in [5.41, 5.74) is 3.32. The fraction of sp³-hybridized carbons (Fsp3) is 0.485. The van der Waals surface area contributed by atoms with Crippen LogP contribution in [0.25, 0.3) is 10.9 Å². The summed E-state index contributed by atoms with van der Waals surface area (Å²) in [6.07, 6.45) is 7.71. The highest BCUT2D eigenvalue weighted by Crippen LogP contribution is 2.30. The molecule has 2 aromatic heterocycles. The van der Waals surface area contributed by atoms with E-state index in [1.807, 2.05) is 44.3 Å². The van der Waals surface area contributed by atoms with Crippen LogP contribution in [-0.4, -0.2) is 59.5 Å². The van der Waals surface area contributed by atoms with Crippen LogP contribution in [0.15, 0.2) is 42.7 Å². The zero-order valence-corrected chi connectivity index (χ0v) is 25.5. The van der Waals surface area contributed by atoms with Gasteiger partial charge < -0.3 is 25.7 Å². The van der Waals surface area contributed by atoms with Crippen molar-refractivity contribution < 1.29 is 19.1 Å². The molecule has 3 aromatic rings. The molecule has 11 nitrogen and oxygen atoms in total. The first-order valence-electron chi connectivity index (χ1n) is 15.4. The average Bonchev–Trinajstić information content (AvgIpc) is 3.65. The molecule has 5 atom stereocenters. The predicted octanol–water partition coefficient (Wildman–Crippen LogP) is 3.29. The van der Waals surface area contributed by atoms with E-state index in [9.17, 15) is 19.6 Å². The molecule has 5 rings (SSSR count). The van der Waals surface area contributed by atoms with Crippen LogP contribution in [0.3, 0.4) is 0 Å². The Morgan fingerprint density at radius 1 is 1.20 bits per heavy atom. The first-order valence-corrected chi connectivity index (χ1v) is 15.4. The minimum Gasteiger partial charge on any atom is -0.496 e. The number of fused-ring (bicyclic) bond motifs is 2. The number of aromatic nitrogens is 2. The van der Waals surface area contributed by atoms with Crippen molar-refractivity contribution in [3.05, 3.63) is 59.5 Å². The highest BCUT2D eigenvalue weighted by Gasteiger charge is 2.36. The Morgan fingerprint density at radius 3 is 2.77 bits per heavy atom. The van der Waals surface area contributed by atoms with E-state index in [4.69, 9.17) is 4.74 Å². The summed E-state index contributed by atoms with van der Waals surface area (Å²) in [5.74, 6) is -0.468. The molecule has 1 aliphatic carbocycles. The number of rotatable bonds is 12. The van der Waals surface area contributed by atoms with E-state index in [1.54, 1.807) is 19.4 Å². The van der Waals surface area contributed by atoms with Crippen LogP contribution in [0.4, 0.5) is 0 Å². The number of ether oxygens (including phenoxy) is 1. The molecule has 1 fully saturated rings. The van der Waals surface area contributed by atoms with E-state index in [0.717, 1.165) is 35.7 Å². The Kier molecular flexibility index (Phi) is 9.80. The lowest BCUT2D eigenvalue weighted by molar-refractivity contribution is -0.126. The van der Waals surface area contributed by atoms with Crippen molar-refractivity contribution in [3.63, 3.8) is 0 Å². The minimum atomic E-state index is -0.852. The Labute approximate surface area is 257 Å². The maximum atomic E-state index is 13.9. The van der Waals surface area contributed by atoms with Gasteiger partial charge in [0.05, 0.1) is 19.2 Å². The quantitative estimate of drug-likeness (QED) is 0.213. The third-order valence-corrected chi connectivity index (χ3v) is 8.63. The number of carbonyl (C=O) groups excluding carboxylic acids is 3. The van der Waals surface area contributed by atoms with Crippen LogP contribution in [0.5, 0.6) is 5.75 Å². The molecule has 0 spiro atoms. The highest BCUT2D eigenvalue weighted by molar-refractivity contribution is 6.01. The van der Waals surface area contributed by atoms with E-state index in [0.29, 0.717) is 37.3 Å². The number of carbonyl (C=O) groups is 3. The lowest BCUT2D eigenvalue weighted by Gasteiger charge is -2.33. The van der Waals surface area contributed by atoms with Gasteiger partial charge >= 0.3 is 0 Å².